The lowest BCUT2D eigenvalue weighted by atomic mass is 9.89. The van der Waals surface area contributed by atoms with Gasteiger partial charge in [0.05, 0.1) is 6.10 Å². The van der Waals surface area contributed by atoms with Crippen LogP contribution < -0.4 is 5.73 Å². The second-order valence-electron chi connectivity index (χ2n) is 3.66. The maximum Gasteiger partial charge on any atom is 0.0706 e. The Kier molecular flexibility index (Phi) is 2.87. The van der Waals surface area contributed by atoms with E-state index in [2.05, 4.69) is 4.90 Å². The number of aliphatic hydroxyl groups is 1. The molecule has 3 unspecified atom stereocenters. The predicted molar refractivity (Wildman–Crippen MR) is 45.3 cm³/mol. The average Bonchev–Trinajstić information content (AvgIpc) is 1.94. The van der Waals surface area contributed by atoms with Crippen molar-refractivity contribution in [1.29, 1.82) is 0 Å². The van der Waals surface area contributed by atoms with E-state index in [1.165, 1.54) is 0 Å². The SMILES string of the molecule is CN(C)C1CCC(N)C(O)C1. The van der Waals surface area contributed by atoms with Crippen molar-refractivity contribution in [3.05, 3.63) is 0 Å². The van der Waals surface area contributed by atoms with Crippen molar-refractivity contribution in [3.63, 3.8) is 0 Å². The number of hydrogen-bond donors (Lipinski definition) is 2. The third-order valence-corrected chi connectivity index (χ3v) is 2.57. The van der Waals surface area contributed by atoms with Gasteiger partial charge in [0, 0.05) is 12.1 Å². The highest BCUT2D eigenvalue weighted by Crippen LogP contribution is 2.20. The van der Waals surface area contributed by atoms with E-state index in [9.17, 15) is 5.11 Å². The van der Waals surface area contributed by atoms with E-state index in [0.717, 1.165) is 19.3 Å². The van der Waals surface area contributed by atoms with Crippen molar-refractivity contribution in [2.45, 2.75) is 37.5 Å². The van der Waals surface area contributed by atoms with Crippen LogP contribution in [0.3, 0.4) is 0 Å². The van der Waals surface area contributed by atoms with Gasteiger partial charge in [0.1, 0.15) is 0 Å². The highest BCUT2D eigenvalue weighted by Gasteiger charge is 2.27. The number of hydrogen-bond acceptors (Lipinski definition) is 3. The fourth-order valence-corrected chi connectivity index (χ4v) is 1.62. The summed E-state index contributed by atoms with van der Waals surface area (Å²) in [6, 6.07) is 0.524. The molecule has 1 rings (SSSR count). The molecule has 1 fully saturated rings. The molecule has 3 nitrogen and oxygen atoms in total. The second-order valence-corrected chi connectivity index (χ2v) is 3.66. The molecular weight excluding hydrogens is 140 g/mol. The van der Waals surface area contributed by atoms with Gasteiger partial charge in [0.2, 0.25) is 0 Å². The summed E-state index contributed by atoms with van der Waals surface area (Å²) in [5.74, 6) is 0. The Balaban J connectivity index is 2.40. The summed E-state index contributed by atoms with van der Waals surface area (Å²) in [4.78, 5) is 2.16. The lowest BCUT2D eigenvalue weighted by Crippen LogP contribution is -2.45. The van der Waals surface area contributed by atoms with Crippen molar-refractivity contribution in [2.75, 3.05) is 14.1 Å². The van der Waals surface area contributed by atoms with E-state index in [0.29, 0.717) is 6.04 Å². The Morgan fingerprint density at radius 1 is 1.36 bits per heavy atom. The van der Waals surface area contributed by atoms with Gasteiger partial charge in [-0.15, -0.1) is 0 Å². The molecule has 0 aromatic heterocycles. The molecule has 3 heteroatoms. The minimum atomic E-state index is -0.295. The van der Waals surface area contributed by atoms with Crippen LogP contribution in [0.25, 0.3) is 0 Å². The van der Waals surface area contributed by atoms with Crippen molar-refractivity contribution in [2.24, 2.45) is 5.73 Å². The van der Waals surface area contributed by atoms with Crippen LogP contribution in [0.2, 0.25) is 0 Å². The quantitative estimate of drug-likeness (QED) is 0.555. The first-order chi connectivity index (χ1) is 5.11. The molecule has 3 N–H and O–H groups in total. The molecule has 1 aliphatic carbocycles. The van der Waals surface area contributed by atoms with E-state index in [1.807, 2.05) is 14.1 Å². The first kappa shape index (κ1) is 8.97. The smallest absolute Gasteiger partial charge is 0.0706 e. The maximum atomic E-state index is 9.45. The van der Waals surface area contributed by atoms with E-state index >= 15 is 0 Å². The molecule has 0 bridgehead atoms. The zero-order valence-electron chi connectivity index (χ0n) is 7.33. The molecule has 11 heavy (non-hydrogen) atoms. The summed E-state index contributed by atoms with van der Waals surface area (Å²) >= 11 is 0. The van der Waals surface area contributed by atoms with Gasteiger partial charge in [-0.05, 0) is 33.4 Å². The van der Waals surface area contributed by atoms with Gasteiger partial charge in [-0.3, -0.25) is 0 Å². The Morgan fingerprint density at radius 3 is 2.45 bits per heavy atom. The van der Waals surface area contributed by atoms with Gasteiger partial charge in [-0.25, -0.2) is 0 Å². The normalized spacial score (nSPS) is 39.5. The van der Waals surface area contributed by atoms with E-state index < -0.39 is 0 Å². The molecule has 0 amide bonds. The second kappa shape index (κ2) is 3.52. The predicted octanol–water partition coefficient (Wildman–Crippen LogP) is -0.211. The van der Waals surface area contributed by atoms with Crippen LogP contribution in [0.5, 0.6) is 0 Å². The summed E-state index contributed by atoms with van der Waals surface area (Å²) < 4.78 is 0. The first-order valence-electron chi connectivity index (χ1n) is 4.21. The molecule has 0 aliphatic heterocycles. The molecule has 66 valence electrons. The molecule has 0 aromatic carbocycles. The van der Waals surface area contributed by atoms with Crippen molar-refractivity contribution in [3.8, 4) is 0 Å². The Labute approximate surface area is 68.2 Å². The van der Waals surface area contributed by atoms with Crippen LogP contribution >= 0.6 is 0 Å². The number of nitrogens with two attached hydrogens (primary N) is 1. The number of aliphatic hydroxyl groups excluding tert-OH is 1. The standard InChI is InChI=1S/C8H18N2O/c1-10(2)6-3-4-7(9)8(11)5-6/h6-8,11H,3-5,9H2,1-2H3. The lowest BCUT2D eigenvalue weighted by Gasteiger charge is -2.34. The van der Waals surface area contributed by atoms with Crippen LogP contribution in [0, 0.1) is 0 Å². The summed E-state index contributed by atoms with van der Waals surface area (Å²) in [6.45, 7) is 0. The van der Waals surface area contributed by atoms with Crippen LogP contribution in [-0.4, -0.2) is 42.3 Å². The van der Waals surface area contributed by atoms with Gasteiger partial charge >= 0.3 is 0 Å². The third-order valence-electron chi connectivity index (χ3n) is 2.57. The summed E-state index contributed by atoms with van der Waals surface area (Å²) in [5.41, 5.74) is 5.67. The highest BCUT2D eigenvalue weighted by molar-refractivity contribution is 4.85. The first-order valence-corrected chi connectivity index (χ1v) is 4.21. The van der Waals surface area contributed by atoms with Gasteiger partial charge in [0.25, 0.3) is 0 Å². The molecule has 0 heterocycles. The minimum absolute atomic E-state index is 0.00574. The average molecular weight is 158 g/mol. The van der Waals surface area contributed by atoms with Crippen LogP contribution in [-0.2, 0) is 0 Å². The Bertz CT molecular complexity index is 127. The van der Waals surface area contributed by atoms with Gasteiger partial charge in [-0.2, -0.15) is 0 Å². The number of rotatable bonds is 1. The van der Waals surface area contributed by atoms with Gasteiger partial charge < -0.3 is 15.7 Å². The zero-order valence-corrected chi connectivity index (χ0v) is 7.33. The largest absolute Gasteiger partial charge is 0.391 e. The maximum absolute atomic E-state index is 9.45. The Hall–Kier alpha value is -0.120. The summed E-state index contributed by atoms with van der Waals surface area (Å²) in [5, 5.41) is 9.45. The van der Waals surface area contributed by atoms with Gasteiger partial charge in [0.15, 0.2) is 0 Å². The monoisotopic (exact) mass is 158 g/mol. The molecule has 0 saturated heterocycles. The van der Waals surface area contributed by atoms with Crippen LogP contribution in [0.15, 0.2) is 0 Å². The van der Waals surface area contributed by atoms with Crippen molar-refractivity contribution >= 4 is 0 Å². The molecule has 0 radical (unpaired) electrons. The molecule has 1 aliphatic rings. The zero-order chi connectivity index (χ0) is 8.43. The van der Waals surface area contributed by atoms with Gasteiger partial charge in [-0.1, -0.05) is 0 Å². The van der Waals surface area contributed by atoms with Crippen molar-refractivity contribution in [1.82, 2.24) is 4.90 Å². The molecular formula is C8H18N2O. The third kappa shape index (κ3) is 2.15. The number of nitrogens with zero attached hydrogens (tertiary/aromatic N) is 1. The molecule has 1 saturated carbocycles. The van der Waals surface area contributed by atoms with Crippen LogP contribution in [0.4, 0.5) is 0 Å². The fraction of sp³-hybridized carbons (Fsp3) is 1.00. The fourth-order valence-electron chi connectivity index (χ4n) is 1.62. The summed E-state index contributed by atoms with van der Waals surface area (Å²) in [6.07, 6.45) is 2.60. The minimum Gasteiger partial charge on any atom is -0.391 e. The van der Waals surface area contributed by atoms with E-state index in [1.54, 1.807) is 0 Å². The Morgan fingerprint density at radius 2 is 2.00 bits per heavy atom. The topological polar surface area (TPSA) is 49.5 Å². The van der Waals surface area contributed by atoms with E-state index in [-0.39, 0.29) is 12.1 Å². The van der Waals surface area contributed by atoms with Crippen LogP contribution in [0.1, 0.15) is 19.3 Å². The van der Waals surface area contributed by atoms with E-state index in [4.69, 9.17) is 5.73 Å². The molecule has 3 atom stereocenters. The molecule has 0 aromatic rings. The summed E-state index contributed by atoms with van der Waals surface area (Å²) in [7, 11) is 4.10. The lowest BCUT2D eigenvalue weighted by molar-refractivity contribution is 0.0647. The highest BCUT2D eigenvalue weighted by atomic mass is 16.3. The van der Waals surface area contributed by atoms with Crippen molar-refractivity contribution < 1.29 is 5.11 Å². The molecule has 0 spiro atoms.